The predicted octanol–water partition coefficient (Wildman–Crippen LogP) is 3.20. The van der Waals surface area contributed by atoms with Crippen molar-refractivity contribution in [3.8, 4) is 5.75 Å². The average Bonchev–Trinajstić information content (AvgIpc) is 2.38. The summed E-state index contributed by atoms with van der Waals surface area (Å²) in [5.74, 6) is -0.446. The molecule has 2 rings (SSSR count). The lowest BCUT2D eigenvalue weighted by atomic mass is 10.1. The lowest BCUT2D eigenvalue weighted by molar-refractivity contribution is -0.145. The zero-order chi connectivity index (χ0) is 13.0. The van der Waals surface area contributed by atoms with Crippen molar-refractivity contribution >= 4 is 5.97 Å². The monoisotopic (exact) mass is 242 g/mol. The van der Waals surface area contributed by atoms with Crippen molar-refractivity contribution in [3.05, 3.63) is 65.7 Å². The molecule has 0 fully saturated rings. The highest BCUT2D eigenvalue weighted by Crippen LogP contribution is 2.22. The number of ether oxygens (including phenoxy) is 1. The molecule has 3 heteroatoms. The molecule has 0 unspecified atom stereocenters. The summed E-state index contributed by atoms with van der Waals surface area (Å²) in [6.07, 6.45) is -0.978. The zero-order valence-corrected chi connectivity index (χ0v) is 10.0. The van der Waals surface area contributed by atoms with Gasteiger partial charge in [0.05, 0.1) is 0 Å². The van der Waals surface area contributed by atoms with Crippen molar-refractivity contribution in [2.45, 2.75) is 13.0 Å². The lowest BCUT2D eigenvalue weighted by Gasteiger charge is -2.15. The highest BCUT2D eigenvalue weighted by atomic mass is 16.5. The minimum absolute atomic E-state index is 0.553. The van der Waals surface area contributed by atoms with E-state index < -0.39 is 12.1 Å². The van der Waals surface area contributed by atoms with Crippen LogP contribution >= 0.6 is 0 Å². The molecule has 1 N–H and O–H groups in total. The number of rotatable bonds is 4. The number of benzene rings is 2. The molecule has 3 nitrogen and oxygen atoms in total. The topological polar surface area (TPSA) is 46.5 Å². The smallest absolute Gasteiger partial charge is 0.349 e. The molecule has 0 aliphatic heterocycles. The summed E-state index contributed by atoms with van der Waals surface area (Å²) in [7, 11) is 0. The number of aryl methyl sites for hydroxylation is 1. The molecule has 2 aromatic carbocycles. The van der Waals surface area contributed by atoms with E-state index in [0.717, 1.165) is 5.56 Å². The van der Waals surface area contributed by atoms with E-state index in [2.05, 4.69) is 0 Å². The van der Waals surface area contributed by atoms with Crippen LogP contribution in [0.1, 0.15) is 17.2 Å². The second kappa shape index (κ2) is 5.36. The van der Waals surface area contributed by atoms with Crippen molar-refractivity contribution in [2.75, 3.05) is 0 Å². The molecule has 0 heterocycles. The van der Waals surface area contributed by atoms with Crippen molar-refractivity contribution in [2.24, 2.45) is 0 Å². The van der Waals surface area contributed by atoms with Gasteiger partial charge in [-0.25, -0.2) is 4.79 Å². The van der Waals surface area contributed by atoms with Crippen LogP contribution in [0.4, 0.5) is 0 Å². The second-order valence-electron chi connectivity index (χ2n) is 4.06. The molecule has 0 aliphatic rings. The van der Waals surface area contributed by atoms with Gasteiger partial charge < -0.3 is 9.84 Å². The largest absolute Gasteiger partial charge is 0.478 e. The van der Waals surface area contributed by atoms with E-state index >= 15 is 0 Å². The van der Waals surface area contributed by atoms with Crippen molar-refractivity contribution in [1.82, 2.24) is 0 Å². The van der Waals surface area contributed by atoms with Crippen LogP contribution in [-0.2, 0) is 4.79 Å². The number of carbonyl (C=O) groups is 1. The van der Waals surface area contributed by atoms with Gasteiger partial charge in [0.1, 0.15) is 5.75 Å². The van der Waals surface area contributed by atoms with Crippen molar-refractivity contribution < 1.29 is 14.6 Å². The molecular formula is C15H14O3. The van der Waals surface area contributed by atoms with Gasteiger partial charge in [0.25, 0.3) is 0 Å². The highest BCUT2D eigenvalue weighted by molar-refractivity contribution is 5.74. The Morgan fingerprint density at radius 3 is 2.22 bits per heavy atom. The normalized spacial score (nSPS) is 11.8. The molecule has 0 saturated heterocycles. The Hall–Kier alpha value is -2.29. The first kappa shape index (κ1) is 12.2. The van der Waals surface area contributed by atoms with Gasteiger partial charge in [0.2, 0.25) is 6.10 Å². The van der Waals surface area contributed by atoms with Crippen LogP contribution in [-0.4, -0.2) is 11.1 Å². The standard InChI is InChI=1S/C15H14O3/c1-11-7-9-13(10-8-11)18-14(15(16)17)12-5-3-2-4-6-12/h2-10,14H,1H3,(H,16,17)/t14-/m1/s1. The average molecular weight is 242 g/mol. The minimum atomic E-state index is -0.998. The minimum Gasteiger partial charge on any atom is -0.478 e. The molecule has 2 aromatic rings. The fourth-order valence-electron chi connectivity index (χ4n) is 1.64. The first-order valence-corrected chi connectivity index (χ1v) is 5.68. The Balaban J connectivity index is 2.22. The third-order valence-corrected chi connectivity index (χ3v) is 2.60. The molecule has 0 bridgehead atoms. The SMILES string of the molecule is Cc1ccc(O[C@@H](C(=O)O)c2ccccc2)cc1. The maximum Gasteiger partial charge on any atom is 0.349 e. The van der Waals surface area contributed by atoms with Crippen LogP contribution in [0.2, 0.25) is 0 Å². The van der Waals surface area contributed by atoms with E-state index in [-0.39, 0.29) is 0 Å². The predicted molar refractivity (Wildman–Crippen MR) is 68.6 cm³/mol. The number of aliphatic carboxylic acids is 1. The van der Waals surface area contributed by atoms with Gasteiger partial charge >= 0.3 is 5.97 Å². The van der Waals surface area contributed by atoms with Gasteiger partial charge in [-0.2, -0.15) is 0 Å². The maximum atomic E-state index is 11.2. The van der Waals surface area contributed by atoms with Gasteiger partial charge in [-0.05, 0) is 19.1 Å². The number of carboxylic acid groups (broad SMARTS) is 1. The Morgan fingerprint density at radius 2 is 1.67 bits per heavy atom. The van der Waals surface area contributed by atoms with Crippen LogP contribution in [0.15, 0.2) is 54.6 Å². The second-order valence-corrected chi connectivity index (χ2v) is 4.06. The van der Waals surface area contributed by atoms with Crippen LogP contribution in [0, 0.1) is 6.92 Å². The van der Waals surface area contributed by atoms with Gasteiger partial charge in [0.15, 0.2) is 0 Å². The summed E-state index contributed by atoms with van der Waals surface area (Å²) < 4.78 is 5.52. The summed E-state index contributed by atoms with van der Waals surface area (Å²) >= 11 is 0. The first-order valence-electron chi connectivity index (χ1n) is 5.68. The lowest BCUT2D eigenvalue weighted by Crippen LogP contribution is -2.18. The molecule has 0 amide bonds. The summed E-state index contributed by atoms with van der Waals surface area (Å²) in [4.78, 5) is 11.2. The van der Waals surface area contributed by atoms with E-state index in [4.69, 9.17) is 4.74 Å². The third-order valence-electron chi connectivity index (χ3n) is 2.60. The summed E-state index contributed by atoms with van der Waals surface area (Å²) in [5, 5.41) is 9.22. The van der Waals surface area contributed by atoms with E-state index in [1.165, 1.54) is 0 Å². The fraction of sp³-hybridized carbons (Fsp3) is 0.133. The molecule has 0 saturated carbocycles. The molecule has 0 radical (unpaired) electrons. The Bertz CT molecular complexity index is 517. The van der Waals surface area contributed by atoms with Crippen molar-refractivity contribution in [3.63, 3.8) is 0 Å². The van der Waals surface area contributed by atoms with Crippen molar-refractivity contribution in [1.29, 1.82) is 0 Å². The number of carboxylic acids is 1. The molecular weight excluding hydrogens is 228 g/mol. The molecule has 92 valence electrons. The number of hydrogen-bond acceptors (Lipinski definition) is 2. The molecule has 0 spiro atoms. The van der Waals surface area contributed by atoms with Gasteiger partial charge in [-0.1, -0.05) is 48.0 Å². The Kier molecular flexibility index (Phi) is 3.63. The maximum absolute atomic E-state index is 11.2. The van der Waals surface area contributed by atoms with Crippen LogP contribution in [0.25, 0.3) is 0 Å². The first-order chi connectivity index (χ1) is 8.66. The summed E-state index contributed by atoms with van der Waals surface area (Å²) in [6, 6.07) is 16.2. The highest BCUT2D eigenvalue weighted by Gasteiger charge is 2.21. The van der Waals surface area contributed by atoms with E-state index in [0.29, 0.717) is 11.3 Å². The third kappa shape index (κ3) is 2.88. The van der Waals surface area contributed by atoms with Gasteiger partial charge in [0, 0.05) is 5.56 Å². The fourth-order valence-corrected chi connectivity index (χ4v) is 1.64. The quantitative estimate of drug-likeness (QED) is 0.895. The summed E-state index contributed by atoms with van der Waals surface area (Å²) in [5.41, 5.74) is 1.74. The van der Waals surface area contributed by atoms with E-state index in [9.17, 15) is 9.90 Å². The van der Waals surface area contributed by atoms with Crippen LogP contribution < -0.4 is 4.74 Å². The van der Waals surface area contributed by atoms with Gasteiger partial charge in [-0.3, -0.25) is 0 Å². The van der Waals surface area contributed by atoms with Crippen LogP contribution in [0.5, 0.6) is 5.75 Å². The van der Waals surface area contributed by atoms with E-state index in [1.54, 1.807) is 36.4 Å². The van der Waals surface area contributed by atoms with Crippen LogP contribution in [0.3, 0.4) is 0 Å². The molecule has 0 aliphatic carbocycles. The zero-order valence-electron chi connectivity index (χ0n) is 10.0. The Morgan fingerprint density at radius 1 is 1.06 bits per heavy atom. The Labute approximate surface area is 106 Å². The summed E-state index contributed by atoms with van der Waals surface area (Å²) in [6.45, 7) is 1.97. The van der Waals surface area contributed by atoms with E-state index in [1.807, 2.05) is 25.1 Å². The molecule has 0 aromatic heterocycles. The molecule has 18 heavy (non-hydrogen) atoms. The molecule has 1 atom stereocenters. The van der Waals surface area contributed by atoms with Gasteiger partial charge in [-0.15, -0.1) is 0 Å². The number of hydrogen-bond donors (Lipinski definition) is 1.